The van der Waals surface area contributed by atoms with Crippen molar-refractivity contribution in [2.24, 2.45) is 0 Å². The van der Waals surface area contributed by atoms with Gasteiger partial charge < -0.3 is 0 Å². The van der Waals surface area contributed by atoms with Gasteiger partial charge in [-0.2, -0.15) is 0 Å². The van der Waals surface area contributed by atoms with Gasteiger partial charge in [-0.05, 0) is 23.5 Å². The zero-order valence-electron chi connectivity index (χ0n) is 8.67. The molecule has 1 aromatic rings. The molecule has 14 heavy (non-hydrogen) atoms. The second-order valence-corrected chi connectivity index (χ2v) is 4.12. The fourth-order valence-corrected chi connectivity index (χ4v) is 2.41. The molecule has 1 atom stereocenters. The van der Waals surface area contributed by atoms with Gasteiger partial charge in [0.15, 0.2) is 0 Å². The van der Waals surface area contributed by atoms with E-state index in [2.05, 4.69) is 53.7 Å². The van der Waals surface area contributed by atoms with Crippen LogP contribution in [0.1, 0.15) is 36.8 Å². The molecule has 1 unspecified atom stereocenters. The molecule has 0 fully saturated rings. The summed E-state index contributed by atoms with van der Waals surface area (Å²) in [6, 6.07) is 8.51. The van der Waals surface area contributed by atoms with Crippen molar-refractivity contribution in [3.63, 3.8) is 0 Å². The van der Waals surface area contributed by atoms with E-state index in [0.717, 1.165) is 5.33 Å². The molecule has 0 aromatic heterocycles. The lowest BCUT2D eigenvalue weighted by molar-refractivity contribution is 0.675. The SMILES string of the molecule is C=Cc1ccccc1C(CBr)CCC. The molecule has 0 radical (unpaired) electrons. The molecule has 0 amide bonds. The molecule has 1 heteroatoms. The van der Waals surface area contributed by atoms with Crippen LogP contribution < -0.4 is 0 Å². The van der Waals surface area contributed by atoms with E-state index in [4.69, 9.17) is 0 Å². The van der Waals surface area contributed by atoms with E-state index in [1.54, 1.807) is 0 Å². The normalized spacial score (nSPS) is 12.4. The van der Waals surface area contributed by atoms with Crippen molar-refractivity contribution in [2.45, 2.75) is 25.7 Å². The third-order valence-corrected chi connectivity index (χ3v) is 3.26. The Balaban J connectivity index is 2.95. The molecule has 0 saturated carbocycles. The largest absolute Gasteiger partial charge is 0.0985 e. The predicted octanol–water partition coefficient (Wildman–Crippen LogP) is 4.61. The summed E-state index contributed by atoms with van der Waals surface area (Å²) in [5.41, 5.74) is 2.69. The lowest BCUT2D eigenvalue weighted by Gasteiger charge is -2.15. The van der Waals surface area contributed by atoms with Crippen LogP contribution in [0.15, 0.2) is 30.8 Å². The first-order valence-corrected chi connectivity index (χ1v) is 6.23. The summed E-state index contributed by atoms with van der Waals surface area (Å²) in [5, 5.41) is 1.03. The molecule has 0 N–H and O–H groups in total. The van der Waals surface area contributed by atoms with E-state index in [1.807, 2.05) is 6.08 Å². The maximum absolute atomic E-state index is 3.85. The second kappa shape index (κ2) is 6.02. The van der Waals surface area contributed by atoms with Gasteiger partial charge in [0, 0.05) is 5.33 Å². The first-order valence-electron chi connectivity index (χ1n) is 5.10. The van der Waals surface area contributed by atoms with E-state index < -0.39 is 0 Å². The van der Waals surface area contributed by atoms with Crippen molar-refractivity contribution in [2.75, 3.05) is 5.33 Å². The Bertz CT molecular complexity index is 291. The van der Waals surface area contributed by atoms with Crippen molar-refractivity contribution in [1.82, 2.24) is 0 Å². The molecule has 0 heterocycles. The maximum atomic E-state index is 3.85. The lowest BCUT2D eigenvalue weighted by Crippen LogP contribution is -2.01. The summed E-state index contributed by atoms with van der Waals surface area (Å²) >= 11 is 3.58. The molecule has 0 aliphatic carbocycles. The topological polar surface area (TPSA) is 0 Å². The van der Waals surface area contributed by atoms with Crippen LogP contribution in [0, 0.1) is 0 Å². The monoisotopic (exact) mass is 252 g/mol. The number of halogens is 1. The minimum atomic E-state index is 0.620. The van der Waals surface area contributed by atoms with Crippen molar-refractivity contribution >= 4 is 22.0 Å². The summed E-state index contributed by atoms with van der Waals surface area (Å²) in [6.07, 6.45) is 4.40. The molecule has 76 valence electrons. The Labute approximate surface area is 95.2 Å². The van der Waals surface area contributed by atoms with Crippen LogP contribution in [-0.4, -0.2) is 5.33 Å². The fraction of sp³-hybridized carbons (Fsp3) is 0.385. The van der Waals surface area contributed by atoms with E-state index in [0.29, 0.717) is 5.92 Å². The highest BCUT2D eigenvalue weighted by Crippen LogP contribution is 2.26. The van der Waals surface area contributed by atoms with Gasteiger partial charge in [0.25, 0.3) is 0 Å². The molecule has 1 aromatic carbocycles. The number of hydrogen-bond acceptors (Lipinski definition) is 0. The van der Waals surface area contributed by atoms with Gasteiger partial charge in [-0.3, -0.25) is 0 Å². The van der Waals surface area contributed by atoms with Crippen molar-refractivity contribution in [3.05, 3.63) is 42.0 Å². The average molecular weight is 253 g/mol. The number of alkyl halides is 1. The number of rotatable bonds is 5. The molecular formula is C13H17Br. The average Bonchev–Trinajstić information content (AvgIpc) is 2.26. The van der Waals surface area contributed by atoms with Crippen LogP contribution in [0.4, 0.5) is 0 Å². The molecular weight excluding hydrogens is 236 g/mol. The smallest absolute Gasteiger partial charge is 0.0100 e. The highest BCUT2D eigenvalue weighted by molar-refractivity contribution is 9.09. The summed E-state index contributed by atoms with van der Waals surface area (Å²) < 4.78 is 0. The highest BCUT2D eigenvalue weighted by Gasteiger charge is 2.11. The Morgan fingerprint density at radius 3 is 2.71 bits per heavy atom. The Morgan fingerprint density at radius 1 is 1.43 bits per heavy atom. The number of hydrogen-bond donors (Lipinski definition) is 0. The van der Waals surface area contributed by atoms with Gasteiger partial charge in [-0.25, -0.2) is 0 Å². The van der Waals surface area contributed by atoms with Crippen LogP contribution in [0.25, 0.3) is 6.08 Å². The van der Waals surface area contributed by atoms with Gasteiger partial charge in [-0.15, -0.1) is 0 Å². The zero-order valence-corrected chi connectivity index (χ0v) is 10.3. The molecule has 0 saturated heterocycles. The Hall–Kier alpha value is -0.560. The minimum absolute atomic E-state index is 0.620. The van der Waals surface area contributed by atoms with E-state index in [-0.39, 0.29) is 0 Å². The van der Waals surface area contributed by atoms with Gasteiger partial charge in [0.1, 0.15) is 0 Å². The lowest BCUT2D eigenvalue weighted by atomic mass is 9.92. The van der Waals surface area contributed by atoms with Crippen molar-refractivity contribution in [3.8, 4) is 0 Å². The fourth-order valence-electron chi connectivity index (χ4n) is 1.73. The summed E-state index contributed by atoms with van der Waals surface area (Å²) in [7, 11) is 0. The standard InChI is InChI=1S/C13H17Br/c1-3-7-12(10-14)13-9-6-5-8-11(13)4-2/h4-6,8-9,12H,2-3,7,10H2,1H3. The third kappa shape index (κ3) is 2.71. The maximum Gasteiger partial charge on any atom is 0.0100 e. The Morgan fingerprint density at radius 2 is 2.14 bits per heavy atom. The van der Waals surface area contributed by atoms with Crippen LogP contribution in [-0.2, 0) is 0 Å². The van der Waals surface area contributed by atoms with Crippen molar-refractivity contribution in [1.29, 1.82) is 0 Å². The van der Waals surface area contributed by atoms with Crippen molar-refractivity contribution < 1.29 is 0 Å². The number of benzene rings is 1. The highest BCUT2D eigenvalue weighted by atomic mass is 79.9. The second-order valence-electron chi connectivity index (χ2n) is 3.47. The molecule has 0 spiro atoms. The summed E-state index contributed by atoms with van der Waals surface area (Å²) in [5.74, 6) is 0.620. The van der Waals surface area contributed by atoms with Gasteiger partial charge in [-0.1, -0.05) is 66.2 Å². The molecule has 0 nitrogen and oxygen atoms in total. The first kappa shape index (κ1) is 11.5. The van der Waals surface area contributed by atoms with E-state index >= 15 is 0 Å². The summed E-state index contributed by atoms with van der Waals surface area (Å²) in [4.78, 5) is 0. The minimum Gasteiger partial charge on any atom is -0.0985 e. The van der Waals surface area contributed by atoms with Crippen LogP contribution in [0.2, 0.25) is 0 Å². The molecule has 0 aliphatic heterocycles. The van der Waals surface area contributed by atoms with E-state index in [1.165, 1.54) is 24.0 Å². The molecule has 0 aliphatic rings. The zero-order chi connectivity index (χ0) is 10.4. The quantitative estimate of drug-likeness (QED) is 0.672. The first-order chi connectivity index (χ1) is 6.83. The van der Waals surface area contributed by atoms with Crippen LogP contribution >= 0.6 is 15.9 Å². The predicted molar refractivity (Wildman–Crippen MR) is 68.0 cm³/mol. The Kier molecular flexibility index (Phi) is 4.95. The third-order valence-electron chi connectivity index (χ3n) is 2.48. The summed E-state index contributed by atoms with van der Waals surface area (Å²) in [6.45, 7) is 6.08. The van der Waals surface area contributed by atoms with Gasteiger partial charge in [0.05, 0.1) is 0 Å². The molecule has 1 rings (SSSR count). The van der Waals surface area contributed by atoms with Crippen LogP contribution in [0.5, 0.6) is 0 Å². The van der Waals surface area contributed by atoms with Crippen LogP contribution in [0.3, 0.4) is 0 Å². The van der Waals surface area contributed by atoms with E-state index in [9.17, 15) is 0 Å². The molecule has 0 bridgehead atoms. The van der Waals surface area contributed by atoms with Gasteiger partial charge in [0.2, 0.25) is 0 Å². The van der Waals surface area contributed by atoms with Gasteiger partial charge >= 0.3 is 0 Å².